The van der Waals surface area contributed by atoms with Crippen LogP contribution in [-0.4, -0.2) is 21.1 Å². The van der Waals surface area contributed by atoms with Crippen LogP contribution in [0.25, 0.3) is 11.1 Å². The van der Waals surface area contributed by atoms with Gasteiger partial charge in [0.2, 0.25) is 12.7 Å². The Morgan fingerprint density at radius 3 is 2.10 bits per heavy atom. The normalized spacial score (nSPS) is 16.0. The van der Waals surface area contributed by atoms with Crippen LogP contribution in [0.2, 0.25) is 0 Å². The van der Waals surface area contributed by atoms with Crippen molar-refractivity contribution in [3.63, 3.8) is 0 Å². The highest BCUT2D eigenvalue weighted by Gasteiger charge is 2.51. The molecule has 1 heterocycles. The maximum absolute atomic E-state index is 13.0. The van der Waals surface area contributed by atoms with Gasteiger partial charge in [0.25, 0.3) is 10.0 Å². The van der Waals surface area contributed by atoms with Crippen LogP contribution in [0.15, 0.2) is 71.6 Å². The molecule has 2 N–H and O–H groups in total. The Morgan fingerprint density at radius 2 is 1.48 bits per heavy atom. The van der Waals surface area contributed by atoms with Crippen molar-refractivity contribution in [1.29, 1.82) is 0 Å². The minimum absolute atomic E-state index is 0.0432. The molecule has 0 spiro atoms. The zero-order chi connectivity index (χ0) is 21.6. The van der Waals surface area contributed by atoms with Crippen molar-refractivity contribution < 1.29 is 22.7 Å². The van der Waals surface area contributed by atoms with Gasteiger partial charge < -0.3 is 14.8 Å². The standard InChI is InChI=1S/C23H19N2O5S/c24-31(27,28)19-8-3-16(4-9-19)15-1-6-18(7-2-15)25-22(26)23(11-12-23)17-5-10-20-21(13-17)30-14-29-20/h1-10,13,24H,11-12,14H2,(H,25,26). The summed E-state index contributed by atoms with van der Waals surface area (Å²) < 4.78 is 33.4. The predicted octanol–water partition coefficient (Wildman–Crippen LogP) is 3.72. The molecule has 0 aromatic heterocycles. The molecule has 2 aliphatic rings. The number of nitrogens with one attached hydrogen (secondary N) is 2. The van der Waals surface area contributed by atoms with Crippen LogP contribution in [0.5, 0.6) is 11.5 Å². The molecule has 1 amide bonds. The molecule has 1 aliphatic carbocycles. The van der Waals surface area contributed by atoms with Crippen LogP contribution >= 0.6 is 0 Å². The van der Waals surface area contributed by atoms with E-state index < -0.39 is 15.4 Å². The summed E-state index contributed by atoms with van der Waals surface area (Å²) in [6, 6.07) is 19.2. The molecule has 0 saturated heterocycles. The van der Waals surface area contributed by atoms with E-state index in [4.69, 9.17) is 14.6 Å². The van der Waals surface area contributed by atoms with E-state index in [0.717, 1.165) is 29.5 Å². The maximum atomic E-state index is 13.0. The summed E-state index contributed by atoms with van der Waals surface area (Å²) >= 11 is 0. The van der Waals surface area contributed by atoms with Crippen LogP contribution in [0, 0.1) is 0 Å². The molecule has 3 aromatic carbocycles. The Labute approximate surface area is 179 Å². The second kappa shape index (κ2) is 7.11. The quantitative estimate of drug-likeness (QED) is 0.657. The number of benzene rings is 3. The van der Waals surface area contributed by atoms with Gasteiger partial charge in [-0.25, -0.2) is 8.42 Å². The fourth-order valence-corrected chi connectivity index (χ4v) is 4.28. The lowest BCUT2D eigenvalue weighted by atomic mass is 9.94. The van der Waals surface area contributed by atoms with E-state index in [-0.39, 0.29) is 17.6 Å². The number of carbonyl (C=O) groups excluding carboxylic acids is 1. The van der Waals surface area contributed by atoms with Gasteiger partial charge in [-0.05, 0) is 65.9 Å². The number of hydrogen-bond donors (Lipinski definition) is 1. The van der Waals surface area contributed by atoms with Crippen LogP contribution in [0.4, 0.5) is 5.69 Å². The number of ether oxygens (including phenoxy) is 2. The second-order valence-corrected chi connectivity index (χ2v) is 9.19. The summed E-state index contributed by atoms with van der Waals surface area (Å²) in [6.07, 6.45) is 1.56. The van der Waals surface area contributed by atoms with Crippen molar-refractivity contribution in [1.82, 2.24) is 5.14 Å². The third-order valence-electron chi connectivity index (χ3n) is 5.75. The molecule has 157 valence electrons. The van der Waals surface area contributed by atoms with Gasteiger partial charge in [-0.15, -0.1) is 5.14 Å². The molecule has 0 bridgehead atoms. The summed E-state index contributed by atoms with van der Waals surface area (Å²) in [5, 5.41) is 10.1. The number of carbonyl (C=O) groups is 1. The smallest absolute Gasteiger partial charge is 0.254 e. The van der Waals surface area contributed by atoms with E-state index in [1.165, 1.54) is 12.1 Å². The number of rotatable bonds is 5. The van der Waals surface area contributed by atoms with Crippen LogP contribution in [-0.2, 0) is 20.2 Å². The fourth-order valence-electron chi connectivity index (χ4n) is 3.79. The van der Waals surface area contributed by atoms with E-state index in [9.17, 15) is 13.2 Å². The number of amides is 1. The van der Waals surface area contributed by atoms with E-state index in [2.05, 4.69) is 5.32 Å². The van der Waals surface area contributed by atoms with Crippen LogP contribution in [0.3, 0.4) is 0 Å². The fraction of sp³-hybridized carbons (Fsp3) is 0.174. The highest BCUT2D eigenvalue weighted by Crippen LogP contribution is 2.51. The lowest BCUT2D eigenvalue weighted by Gasteiger charge is -2.16. The SMILES string of the molecule is [NH]S(=O)(=O)c1ccc(-c2ccc(NC(=O)C3(c4ccc5c(c4)OCO5)CC3)cc2)cc1. The van der Waals surface area contributed by atoms with Gasteiger partial charge in [0.05, 0.1) is 10.3 Å². The Morgan fingerprint density at radius 1 is 0.871 bits per heavy atom. The number of anilines is 1. The Balaban J connectivity index is 1.31. The van der Waals surface area contributed by atoms with Gasteiger partial charge in [0.1, 0.15) is 0 Å². The van der Waals surface area contributed by atoms with Gasteiger partial charge in [-0.2, -0.15) is 0 Å². The molecule has 0 atom stereocenters. The largest absolute Gasteiger partial charge is 0.454 e. The Kier molecular flexibility index (Phi) is 4.49. The van der Waals surface area contributed by atoms with Gasteiger partial charge in [-0.1, -0.05) is 30.3 Å². The highest BCUT2D eigenvalue weighted by molar-refractivity contribution is 7.88. The first-order valence-corrected chi connectivity index (χ1v) is 11.3. The molecule has 7 nitrogen and oxygen atoms in total. The van der Waals surface area contributed by atoms with Gasteiger partial charge in [0, 0.05) is 5.69 Å². The van der Waals surface area contributed by atoms with Crippen molar-refractivity contribution >= 4 is 21.6 Å². The molecule has 3 aromatic rings. The van der Waals surface area contributed by atoms with Crippen LogP contribution < -0.4 is 19.9 Å². The first-order valence-electron chi connectivity index (χ1n) is 9.77. The number of fused-ring (bicyclic) bond motifs is 1. The minimum atomic E-state index is -3.97. The van der Waals surface area contributed by atoms with Crippen molar-refractivity contribution in [2.75, 3.05) is 12.1 Å². The molecule has 1 saturated carbocycles. The van der Waals surface area contributed by atoms with E-state index in [0.29, 0.717) is 17.2 Å². The lowest BCUT2D eigenvalue weighted by Crippen LogP contribution is -2.27. The van der Waals surface area contributed by atoms with Gasteiger partial charge in [-0.3, -0.25) is 4.79 Å². The van der Waals surface area contributed by atoms with Crippen LogP contribution in [0.1, 0.15) is 18.4 Å². The van der Waals surface area contributed by atoms with E-state index in [1.807, 2.05) is 42.5 Å². The average Bonchev–Trinajstić information content (AvgIpc) is 3.45. The van der Waals surface area contributed by atoms with Crippen molar-refractivity contribution in [3.05, 3.63) is 72.3 Å². The summed E-state index contributed by atoms with van der Waals surface area (Å²) in [7, 11) is -3.97. The Bertz CT molecular complexity index is 1260. The summed E-state index contributed by atoms with van der Waals surface area (Å²) in [6.45, 7) is 0.200. The molecule has 5 rings (SSSR count). The molecule has 31 heavy (non-hydrogen) atoms. The van der Waals surface area contributed by atoms with Crippen molar-refractivity contribution in [2.24, 2.45) is 0 Å². The first kappa shape index (κ1) is 19.6. The number of sulfonamides is 1. The molecule has 1 radical (unpaired) electrons. The molecule has 1 fully saturated rings. The van der Waals surface area contributed by atoms with Gasteiger partial charge in [0.15, 0.2) is 11.5 Å². The zero-order valence-corrected chi connectivity index (χ0v) is 17.2. The predicted molar refractivity (Wildman–Crippen MR) is 114 cm³/mol. The van der Waals surface area contributed by atoms with Crippen molar-refractivity contribution in [3.8, 4) is 22.6 Å². The van der Waals surface area contributed by atoms with Gasteiger partial charge >= 0.3 is 0 Å². The molecular weight excluding hydrogens is 416 g/mol. The monoisotopic (exact) mass is 435 g/mol. The first-order chi connectivity index (χ1) is 14.8. The summed E-state index contributed by atoms with van der Waals surface area (Å²) in [5.41, 5.74) is 2.77. The van der Waals surface area contributed by atoms with E-state index >= 15 is 0 Å². The third-order valence-corrected chi connectivity index (χ3v) is 6.64. The highest BCUT2D eigenvalue weighted by atomic mass is 32.2. The summed E-state index contributed by atoms with van der Waals surface area (Å²) in [4.78, 5) is 13.0. The third kappa shape index (κ3) is 3.64. The summed E-state index contributed by atoms with van der Waals surface area (Å²) in [5.74, 6) is 1.32. The van der Waals surface area contributed by atoms with Crippen molar-refractivity contribution in [2.45, 2.75) is 23.2 Å². The lowest BCUT2D eigenvalue weighted by molar-refractivity contribution is -0.118. The van der Waals surface area contributed by atoms with E-state index in [1.54, 1.807) is 12.1 Å². The molecule has 8 heteroatoms. The molecular formula is C23H19N2O5S. The zero-order valence-electron chi connectivity index (χ0n) is 16.4. The maximum Gasteiger partial charge on any atom is 0.254 e. The molecule has 0 unspecified atom stereocenters. The Hall–Kier alpha value is -3.36. The topological polar surface area (TPSA) is 106 Å². The number of hydrogen-bond acceptors (Lipinski definition) is 5. The molecule has 1 aliphatic heterocycles. The second-order valence-electron chi connectivity index (χ2n) is 7.71. The average molecular weight is 435 g/mol. The minimum Gasteiger partial charge on any atom is -0.454 e.